The van der Waals surface area contributed by atoms with Gasteiger partial charge in [-0.15, -0.1) is 0 Å². The highest BCUT2D eigenvalue weighted by Gasteiger charge is 2.52. The first kappa shape index (κ1) is 24.5. The molecule has 1 aliphatic rings. The van der Waals surface area contributed by atoms with Crippen LogP contribution in [0.15, 0.2) is 54.3 Å². The van der Waals surface area contributed by atoms with Crippen molar-refractivity contribution < 1.29 is 28.4 Å². The number of hydrogen-bond acceptors (Lipinski definition) is 7. The quantitative estimate of drug-likeness (QED) is 0.504. The average molecular weight is 452 g/mol. The minimum Gasteiger partial charge on any atom is -0.465 e. The number of rotatable bonds is 7. The number of aromatic nitrogens is 1. The lowest BCUT2D eigenvalue weighted by atomic mass is 9.76. The Labute approximate surface area is 194 Å². The number of carbonyl (C=O) groups is 2. The molecule has 174 valence electrons. The van der Waals surface area contributed by atoms with E-state index in [9.17, 15) is 9.59 Å². The molecule has 1 saturated heterocycles. The van der Waals surface area contributed by atoms with Gasteiger partial charge in [0.1, 0.15) is 6.61 Å². The molecule has 1 N–H and O–H groups in total. The van der Waals surface area contributed by atoms with Gasteiger partial charge in [-0.1, -0.05) is 36.4 Å². The molecule has 0 aliphatic carbocycles. The molecule has 3 rings (SSSR count). The van der Waals surface area contributed by atoms with E-state index in [1.807, 2.05) is 58.0 Å². The van der Waals surface area contributed by atoms with E-state index in [0.29, 0.717) is 16.6 Å². The molecule has 0 radical (unpaired) electrons. The molecule has 2 aromatic rings. The molecule has 0 bridgehead atoms. The second-order valence-corrected chi connectivity index (χ2v) is 8.68. The summed E-state index contributed by atoms with van der Waals surface area (Å²) in [6.45, 7) is 8.00. The number of carbonyl (C=O) groups excluding carboxylic acids is 2. The highest BCUT2D eigenvalue weighted by atomic mass is 16.7. The highest BCUT2D eigenvalue weighted by molar-refractivity contribution is 6.56. The largest absolute Gasteiger partial charge is 0.492 e. The first-order valence-electron chi connectivity index (χ1n) is 10.7. The van der Waals surface area contributed by atoms with Gasteiger partial charge in [-0.25, -0.2) is 9.59 Å². The number of ether oxygens (including phenoxy) is 2. The molecule has 1 aromatic heterocycles. The molecular formula is C24H29BN2O6. The fourth-order valence-electron chi connectivity index (χ4n) is 3.16. The van der Waals surface area contributed by atoms with Crippen LogP contribution in [0.1, 0.15) is 49.2 Å². The number of amides is 1. The van der Waals surface area contributed by atoms with Gasteiger partial charge in [0.25, 0.3) is 0 Å². The molecule has 1 amide bonds. The second kappa shape index (κ2) is 10.2. The van der Waals surface area contributed by atoms with Crippen molar-refractivity contribution in [1.29, 1.82) is 0 Å². The van der Waals surface area contributed by atoms with Crippen molar-refractivity contribution in [2.45, 2.75) is 45.5 Å². The third kappa shape index (κ3) is 6.00. The zero-order chi connectivity index (χ0) is 24.1. The Hall–Kier alpha value is -3.17. The van der Waals surface area contributed by atoms with Gasteiger partial charge in [-0.2, -0.15) is 0 Å². The van der Waals surface area contributed by atoms with E-state index >= 15 is 0 Å². The Kier molecular flexibility index (Phi) is 7.55. The van der Waals surface area contributed by atoms with Gasteiger partial charge in [0, 0.05) is 24.5 Å². The van der Waals surface area contributed by atoms with Crippen LogP contribution in [-0.2, 0) is 25.4 Å². The molecule has 0 spiro atoms. The van der Waals surface area contributed by atoms with Crippen molar-refractivity contribution in [3.05, 3.63) is 71.0 Å². The summed E-state index contributed by atoms with van der Waals surface area (Å²) in [7, 11) is 0.575. The Bertz CT molecular complexity index is 1010. The lowest BCUT2D eigenvalue weighted by Crippen LogP contribution is -2.41. The van der Waals surface area contributed by atoms with Crippen LogP contribution in [0.4, 0.5) is 4.79 Å². The molecule has 1 fully saturated rings. The van der Waals surface area contributed by atoms with E-state index in [0.717, 1.165) is 5.56 Å². The molecule has 33 heavy (non-hydrogen) atoms. The third-order valence-electron chi connectivity index (χ3n) is 5.80. The minimum atomic E-state index is -0.741. The van der Waals surface area contributed by atoms with E-state index in [1.54, 1.807) is 18.3 Å². The second-order valence-electron chi connectivity index (χ2n) is 8.68. The summed E-state index contributed by atoms with van der Waals surface area (Å²) in [5, 5.41) is 2.74. The molecule has 1 aromatic carbocycles. The number of esters is 1. The van der Waals surface area contributed by atoms with Crippen LogP contribution < -0.4 is 5.32 Å². The van der Waals surface area contributed by atoms with Crippen molar-refractivity contribution in [2.24, 2.45) is 0 Å². The Morgan fingerprint density at radius 1 is 1.09 bits per heavy atom. The summed E-state index contributed by atoms with van der Waals surface area (Å²) in [6, 6.07) is 11.0. The molecule has 0 saturated carbocycles. The standard InChI is InChI=1S/C24H29BN2O6/c1-23(2)24(3,4)33-25(32-23)19(13-18-14-26-12-11-20(18)21(28)30-5)15-27-22(29)31-16-17-9-7-6-8-10-17/h6-14H,15-16H2,1-5H3,(H,27,29). The predicted octanol–water partition coefficient (Wildman–Crippen LogP) is 3.81. The molecule has 9 heteroatoms. The molecule has 1 aliphatic heterocycles. The molecule has 0 atom stereocenters. The van der Waals surface area contributed by atoms with E-state index in [2.05, 4.69) is 10.3 Å². The van der Waals surface area contributed by atoms with Crippen LogP contribution in [0, 0.1) is 0 Å². The third-order valence-corrected chi connectivity index (χ3v) is 5.80. The number of hydrogen-bond donors (Lipinski definition) is 1. The average Bonchev–Trinajstić information content (AvgIpc) is 3.02. The number of nitrogens with zero attached hydrogens (tertiary/aromatic N) is 1. The van der Waals surface area contributed by atoms with Gasteiger partial charge in [0.05, 0.1) is 23.9 Å². The molecule has 8 nitrogen and oxygen atoms in total. The van der Waals surface area contributed by atoms with Crippen molar-refractivity contribution in [3.8, 4) is 0 Å². The maximum atomic E-state index is 12.3. The van der Waals surface area contributed by atoms with Crippen molar-refractivity contribution in [1.82, 2.24) is 10.3 Å². The number of methoxy groups -OCH3 is 1. The monoisotopic (exact) mass is 452 g/mol. The summed E-state index contributed by atoms with van der Waals surface area (Å²) in [4.78, 5) is 28.6. The van der Waals surface area contributed by atoms with Gasteiger partial charge < -0.3 is 24.1 Å². The highest BCUT2D eigenvalue weighted by Crippen LogP contribution is 2.38. The first-order chi connectivity index (χ1) is 15.6. The summed E-state index contributed by atoms with van der Waals surface area (Å²) < 4.78 is 22.5. The zero-order valence-corrected chi connectivity index (χ0v) is 19.6. The lowest BCUT2D eigenvalue weighted by molar-refractivity contribution is 0.00578. The number of pyridine rings is 1. The fourth-order valence-corrected chi connectivity index (χ4v) is 3.16. The Morgan fingerprint density at radius 3 is 2.39 bits per heavy atom. The van der Waals surface area contributed by atoms with Gasteiger partial charge >= 0.3 is 19.2 Å². The van der Waals surface area contributed by atoms with Gasteiger partial charge in [-0.05, 0) is 44.8 Å². The summed E-state index contributed by atoms with van der Waals surface area (Å²) in [5.41, 5.74) is 1.19. The zero-order valence-electron chi connectivity index (χ0n) is 19.6. The van der Waals surface area contributed by atoms with Crippen LogP contribution >= 0.6 is 0 Å². The molecule has 0 unspecified atom stereocenters. The van der Waals surface area contributed by atoms with E-state index < -0.39 is 30.4 Å². The lowest BCUT2D eigenvalue weighted by Gasteiger charge is -2.32. The summed E-state index contributed by atoms with van der Waals surface area (Å²) in [5.74, 6) is -0.493. The van der Waals surface area contributed by atoms with Crippen LogP contribution in [0.2, 0.25) is 0 Å². The van der Waals surface area contributed by atoms with Crippen LogP contribution in [0.25, 0.3) is 6.08 Å². The first-order valence-corrected chi connectivity index (χ1v) is 10.7. The fraction of sp³-hybridized carbons (Fsp3) is 0.375. The SMILES string of the molecule is COC(=O)c1ccncc1C=C(CNC(=O)OCc1ccccc1)B1OC(C)(C)C(C)(C)O1. The summed E-state index contributed by atoms with van der Waals surface area (Å²) >= 11 is 0. The number of nitrogens with one attached hydrogen (secondary N) is 1. The molecule has 2 heterocycles. The van der Waals surface area contributed by atoms with Gasteiger partial charge in [0.15, 0.2) is 0 Å². The van der Waals surface area contributed by atoms with Crippen LogP contribution in [0.5, 0.6) is 0 Å². The van der Waals surface area contributed by atoms with Crippen LogP contribution in [0.3, 0.4) is 0 Å². The minimum absolute atomic E-state index is 0.0833. The van der Waals surface area contributed by atoms with Crippen molar-refractivity contribution >= 4 is 25.3 Å². The topological polar surface area (TPSA) is 96.0 Å². The predicted molar refractivity (Wildman–Crippen MR) is 124 cm³/mol. The molecular weight excluding hydrogens is 423 g/mol. The number of alkyl carbamates (subject to hydrolysis) is 1. The maximum absolute atomic E-state index is 12.3. The van der Waals surface area contributed by atoms with E-state index in [-0.39, 0.29) is 13.2 Å². The van der Waals surface area contributed by atoms with Gasteiger partial charge in [-0.3, -0.25) is 4.98 Å². The Balaban J connectivity index is 1.80. The van der Waals surface area contributed by atoms with Crippen molar-refractivity contribution in [3.63, 3.8) is 0 Å². The smallest absolute Gasteiger partial charge is 0.465 e. The summed E-state index contributed by atoms with van der Waals surface area (Å²) in [6.07, 6.45) is 4.20. The van der Waals surface area contributed by atoms with E-state index in [4.69, 9.17) is 18.8 Å². The maximum Gasteiger partial charge on any atom is 0.492 e. The van der Waals surface area contributed by atoms with Crippen molar-refractivity contribution in [2.75, 3.05) is 13.7 Å². The normalized spacial score (nSPS) is 16.9. The Morgan fingerprint density at radius 2 is 1.76 bits per heavy atom. The van der Waals surface area contributed by atoms with E-state index in [1.165, 1.54) is 13.3 Å². The van der Waals surface area contributed by atoms with Gasteiger partial charge in [0.2, 0.25) is 0 Å². The van der Waals surface area contributed by atoms with Crippen LogP contribution in [-0.4, -0.2) is 49.0 Å². The number of benzene rings is 1.